The molecular formula is C11H10ClNO. The van der Waals surface area contributed by atoms with E-state index in [1.807, 2.05) is 37.3 Å². The number of aryl methyl sites for hydroxylation is 1. The van der Waals surface area contributed by atoms with Crippen LogP contribution in [-0.4, -0.2) is 5.16 Å². The zero-order valence-electron chi connectivity index (χ0n) is 7.83. The van der Waals surface area contributed by atoms with Crippen LogP contribution in [0.25, 0.3) is 11.1 Å². The summed E-state index contributed by atoms with van der Waals surface area (Å²) in [6, 6.07) is 9.90. The molecule has 3 heteroatoms. The van der Waals surface area contributed by atoms with E-state index in [1.54, 1.807) is 0 Å². The molecule has 1 heterocycles. The maximum atomic E-state index is 5.93. The van der Waals surface area contributed by atoms with Gasteiger partial charge < -0.3 is 4.52 Å². The monoisotopic (exact) mass is 207 g/mol. The van der Waals surface area contributed by atoms with Crippen LogP contribution < -0.4 is 0 Å². The fourth-order valence-electron chi connectivity index (χ4n) is 1.43. The van der Waals surface area contributed by atoms with Crippen LogP contribution in [-0.2, 0) is 6.42 Å². The Morgan fingerprint density at radius 1 is 1.29 bits per heavy atom. The Balaban J connectivity index is 2.55. The van der Waals surface area contributed by atoms with Crippen LogP contribution in [0.4, 0.5) is 0 Å². The zero-order chi connectivity index (χ0) is 9.97. The fraction of sp³-hybridized carbons (Fsp3) is 0.182. The van der Waals surface area contributed by atoms with E-state index in [-0.39, 0.29) is 0 Å². The summed E-state index contributed by atoms with van der Waals surface area (Å²) in [6.07, 6.45) is 0.820. The number of hydrogen-bond donors (Lipinski definition) is 0. The van der Waals surface area contributed by atoms with Crippen molar-refractivity contribution in [1.29, 1.82) is 0 Å². The Morgan fingerprint density at radius 3 is 2.64 bits per heavy atom. The first-order valence-corrected chi connectivity index (χ1v) is 4.90. The van der Waals surface area contributed by atoms with Gasteiger partial charge in [-0.1, -0.05) is 42.4 Å². The standard InChI is InChI=1S/C11H10ClNO/c1-2-9-10(11(12)14-13-9)8-6-4-3-5-7-8/h3-7H,2H2,1H3. The lowest BCUT2D eigenvalue weighted by molar-refractivity contribution is 0.414. The van der Waals surface area contributed by atoms with Gasteiger partial charge in [0.15, 0.2) is 0 Å². The largest absolute Gasteiger partial charge is 0.343 e. The molecule has 0 aliphatic rings. The van der Waals surface area contributed by atoms with Crippen molar-refractivity contribution < 1.29 is 4.52 Å². The Labute approximate surface area is 87.5 Å². The van der Waals surface area contributed by atoms with Crippen molar-refractivity contribution in [3.8, 4) is 11.1 Å². The minimum Gasteiger partial charge on any atom is -0.343 e. The highest BCUT2D eigenvalue weighted by molar-refractivity contribution is 6.31. The Hall–Kier alpha value is -1.28. The van der Waals surface area contributed by atoms with Gasteiger partial charge >= 0.3 is 0 Å². The third kappa shape index (κ3) is 1.53. The molecule has 0 fully saturated rings. The van der Waals surface area contributed by atoms with E-state index in [9.17, 15) is 0 Å². The van der Waals surface area contributed by atoms with E-state index in [0.29, 0.717) is 5.22 Å². The minimum absolute atomic E-state index is 0.369. The second kappa shape index (κ2) is 3.84. The van der Waals surface area contributed by atoms with Crippen molar-refractivity contribution in [2.75, 3.05) is 0 Å². The number of benzene rings is 1. The molecule has 0 spiro atoms. The van der Waals surface area contributed by atoms with Gasteiger partial charge in [-0.2, -0.15) is 0 Å². The fourth-order valence-corrected chi connectivity index (χ4v) is 1.68. The highest BCUT2D eigenvalue weighted by Crippen LogP contribution is 2.31. The quantitative estimate of drug-likeness (QED) is 0.753. The van der Waals surface area contributed by atoms with Gasteiger partial charge in [0.1, 0.15) is 0 Å². The first kappa shape index (κ1) is 9.28. The molecule has 0 saturated carbocycles. The van der Waals surface area contributed by atoms with E-state index >= 15 is 0 Å². The molecule has 0 atom stereocenters. The summed E-state index contributed by atoms with van der Waals surface area (Å²) in [5.74, 6) is 0. The number of aromatic nitrogens is 1. The first-order chi connectivity index (χ1) is 6.83. The molecule has 0 amide bonds. The summed E-state index contributed by atoms with van der Waals surface area (Å²) in [5.41, 5.74) is 2.87. The molecule has 2 rings (SSSR count). The van der Waals surface area contributed by atoms with Crippen molar-refractivity contribution in [3.63, 3.8) is 0 Å². The molecule has 0 bridgehead atoms. The topological polar surface area (TPSA) is 26.0 Å². The molecule has 1 aromatic heterocycles. The maximum Gasteiger partial charge on any atom is 0.234 e. The van der Waals surface area contributed by atoms with Crippen LogP contribution in [0.3, 0.4) is 0 Å². The SMILES string of the molecule is CCc1noc(Cl)c1-c1ccccc1. The molecule has 72 valence electrons. The second-order valence-corrected chi connectivity index (χ2v) is 3.34. The Bertz CT molecular complexity index is 422. The second-order valence-electron chi connectivity index (χ2n) is 3.00. The molecule has 0 aliphatic carbocycles. The van der Waals surface area contributed by atoms with Gasteiger partial charge in [-0.15, -0.1) is 0 Å². The van der Waals surface area contributed by atoms with Crippen molar-refractivity contribution in [3.05, 3.63) is 41.2 Å². The molecule has 0 saturated heterocycles. The van der Waals surface area contributed by atoms with Crippen LogP contribution in [0.1, 0.15) is 12.6 Å². The molecule has 0 radical (unpaired) electrons. The van der Waals surface area contributed by atoms with Gasteiger partial charge in [0, 0.05) is 0 Å². The highest BCUT2D eigenvalue weighted by atomic mass is 35.5. The Kier molecular flexibility index (Phi) is 2.55. The van der Waals surface area contributed by atoms with Crippen LogP contribution in [0, 0.1) is 0 Å². The predicted octanol–water partition coefficient (Wildman–Crippen LogP) is 3.56. The highest BCUT2D eigenvalue weighted by Gasteiger charge is 2.13. The molecule has 0 unspecified atom stereocenters. The summed E-state index contributed by atoms with van der Waals surface area (Å²) in [6.45, 7) is 2.03. The lowest BCUT2D eigenvalue weighted by Gasteiger charge is -1.98. The van der Waals surface area contributed by atoms with E-state index in [0.717, 1.165) is 23.2 Å². The lowest BCUT2D eigenvalue weighted by atomic mass is 10.1. The third-order valence-electron chi connectivity index (χ3n) is 2.12. The predicted molar refractivity (Wildman–Crippen MR) is 56.3 cm³/mol. The third-order valence-corrected chi connectivity index (χ3v) is 2.38. The van der Waals surface area contributed by atoms with E-state index in [1.165, 1.54) is 0 Å². The van der Waals surface area contributed by atoms with Crippen molar-refractivity contribution in [1.82, 2.24) is 5.16 Å². The van der Waals surface area contributed by atoms with Crippen molar-refractivity contribution in [2.45, 2.75) is 13.3 Å². The molecule has 0 aliphatic heterocycles. The number of rotatable bonds is 2. The van der Waals surface area contributed by atoms with Gasteiger partial charge in [-0.3, -0.25) is 0 Å². The normalized spacial score (nSPS) is 10.4. The summed E-state index contributed by atoms with van der Waals surface area (Å²) in [4.78, 5) is 0. The van der Waals surface area contributed by atoms with Gasteiger partial charge in [-0.25, -0.2) is 0 Å². The van der Waals surface area contributed by atoms with Crippen LogP contribution in [0.15, 0.2) is 34.9 Å². The average molecular weight is 208 g/mol. The van der Waals surface area contributed by atoms with Crippen LogP contribution in [0.5, 0.6) is 0 Å². The zero-order valence-corrected chi connectivity index (χ0v) is 8.58. The smallest absolute Gasteiger partial charge is 0.234 e. The summed E-state index contributed by atoms with van der Waals surface area (Å²) < 4.78 is 4.96. The van der Waals surface area contributed by atoms with Gasteiger partial charge in [0.25, 0.3) is 0 Å². The Morgan fingerprint density at radius 2 is 2.00 bits per heavy atom. The summed E-state index contributed by atoms with van der Waals surface area (Å²) >= 11 is 5.93. The lowest BCUT2D eigenvalue weighted by Crippen LogP contribution is -1.84. The van der Waals surface area contributed by atoms with E-state index in [4.69, 9.17) is 16.1 Å². The number of hydrogen-bond acceptors (Lipinski definition) is 2. The van der Waals surface area contributed by atoms with Crippen molar-refractivity contribution in [2.24, 2.45) is 0 Å². The summed E-state index contributed by atoms with van der Waals surface area (Å²) in [5, 5.41) is 4.27. The molecule has 2 aromatic rings. The number of halogens is 1. The first-order valence-electron chi connectivity index (χ1n) is 4.52. The molecule has 14 heavy (non-hydrogen) atoms. The van der Waals surface area contributed by atoms with Crippen LogP contribution in [0.2, 0.25) is 5.22 Å². The van der Waals surface area contributed by atoms with Crippen LogP contribution >= 0.6 is 11.6 Å². The number of nitrogens with zero attached hydrogens (tertiary/aromatic N) is 1. The molecule has 1 aromatic carbocycles. The average Bonchev–Trinajstić information content (AvgIpc) is 2.61. The molecule has 2 nitrogen and oxygen atoms in total. The molecular weight excluding hydrogens is 198 g/mol. The van der Waals surface area contributed by atoms with Gasteiger partial charge in [-0.05, 0) is 23.6 Å². The van der Waals surface area contributed by atoms with E-state index < -0.39 is 0 Å². The minimum atomic E-state index is 0.369. The maximum absolute atomic E-state index is 5.93. The van der Waals surface area contributed by atoms with Gasteiger partial charge in [0.2, 0.25) is 5.22 Å². The van der Waals surface area contributed by atoms with Gasteiger partial charge in [0.05, 0.1) is 11.3 Å². The summed E-state index contributed by atoms with van der Waals surface area (Å²) in [7, 11) is 0. The van der Waals surface area contributed by atoms with E-state index in [2.05, 4.69) is 5.16 Å². The molecule has 0 N–H and O–H groups in total. The van der Waals surface area contributed by atoms with Crippen molar-refractivity contribution >= 4 is 11.6 Å².